The average molecular weight is 663 g/mol. The topological polar surface area (TPSA) is 40.2 Å². The number of ether oxygens (including phenoxy) is 4. The average Bonchev–Trinajstić information content (AvgIpc) is 3.39. The van der Waals surface area contributed by atoms with Crippen LogP contribution in [-0.4, -0.2) is 33.6 Å². The van der Waals surface area contributed by atoms with Gasteiger partial charge in [0.15, 0.2) is 12.0 Å². The van der Waals surface area contributed by atoms with E-state index in [2.05, 4.69) is 33.0 Å². The minimum absolute atomic E-state index is 0.227. The van der Waals surface area contributed by atoms with E-state index in [0.29, 0.717) is 29.7 Å². The van der Waals surface area contributed by atoms with Gasteiger partial charge < -0.3 is 23.8 Å². The Morgan fingerprint density at radius 1 is 0.884 bits per heavy atom. The number of anilines is 1. The molecular formula is C35H33BrFNO4S. The third-order valence-electron chi connectivity index (χ3n) is 7.84. The van der Waals surface area contributed by atoms with E-state index in [1.165, 1.54) is 6.07 Å². The number of fused-ring (bicyclic) bond motifs is 1. The Morgan fingerprint density at radius 3 is 2.30 bits per heavy atom. The maximum absolute atomic E-state index is 15.5. The van der Waals surface area contributed by atoms with Crippen LogP contribution in [0.5, 0.6) is 17.2 Å². The van der Waals surface area contributed by atoms with Crippen molar-refractivity contribution in [2.45, 2.75) is 25.7 Å². The molecule has 8 heteroatoms. The highest BCUT2D eigenvalue weighted by Crippen LogP contribution is 2.47. The van der Waals surface area contributed by atoms with Crippen molar-refractivity contribution in [3.8, 4) is 27.7 Å². The molecule has 6 rings (SSSR count). The van der Waals surface area contributed by atoms with Gasteiger partial charge in [-0.25, -0.2) is 4.39 Å². The van der Waals surface area contributed by atoms with Gasteiger partial charge in [-0.05, 0) is 66.4 Å². The zero-order valence-electron chi connectivity index (χ0n) is 24.1. The second-order valence-corrected chi connectivity index (χ2v) is 12.5. The number of halogens is 2. The molecule has 222 valence electrons. The van der Waals surface area contributed by atoms with E-state index in [0.717, 1.165) is 62.2 Å². The van der Waals surface area contributed by atoms with Gasteiger partial charge in [0, 0.05) is 53.9 Å². The number of methoxy groups -OCH3 is 2. The van der Waals surface area contributed by atoms with Gasteiger partial charge in [-0.15, -0.1) is 11.3 Å². The van der Waals surface area contributed by atoms with Crippen LogP contribution in [0.1, 0.15) is 18.4 Å². The largest absolute Gasteiger partial charge is 0.489 e. The van der Waals surface area contributed by atoms with Crippen LogP contribution >= 0.6 is 27.3 Å². The predicted octanol–water partition coefficient (Wildman–Crippen LogP) is 9.68. The molecule has 0 radical (unpaired) electrons. The van der Waals surface area contributed by atoms with Gasteiger partial charge in [0.25, 0.3) is 0 Å². The van der Waals surface area contributed by atoms with Crippen molar-refractivity contribution in [1.82, 2.24) is 0 Å². The predicted molar refractivity (Wildman–Crippen MR) is 175 cm³/mol. The van der Waals surface area contributed by atoms with E-state index >= 15 is 4.39 Å². The second kappa shape index (κ2) is 13.5. The van der Waals surface area contributed by atoms with Crippen molar-refractivity contribution >= 4 is 43.0 Å². The fraction of sp³-hybridized carbons (Fsp3) is 0.257. The first-order valence-corrected chi connectivity index (χ1v) is 15.9. The van der Waals surface area contributed by atoms with Crippen LogP contribution in [0.25, 0.3) is 20.5 Å². The molecule has 2 heterocycles. The Hall–Kier alpha value is -3.43. The fourth-order valence-corrected chi connectivity index (χ4v) is 7.02. The molecule has 0 amide bonds. The quantitative estimate of drug-likeness (QED) is 0.139. The molecule has 1 saturated heterocycles. The standard InChI is InChI=1S/C35H33BrFNO4S/c1-39-35(40-2)25-16-18-38(19-17-25)31-15-13-28(20-30(31)37)42-33-29-14-12-27(41-22-23-6-4-3-5-7-23)21-32(29)43-34(33)24-8-10-26(36)11-9-24/h3-15,20-21,25,35H,16-19,22H2,1-2H3. The summed E-state index contributed by atoms with van der Waals surface area (Å²) in [6, 6.07) is 29.4. The molecule has 0 spiro atoms. The molecule has 5 aromatic rings. The van der Waals surface area contributed by atoms with Gasteiger partial charge >= 0.3 is 0 Å². The number of nitrogens with zero attached hydrogens (tertiary/aromatic N) is 1. The third kappa shape index (κ3) is 6.73. The SMILES string of the molecule is COC(OC)C1CCN(c2ccc(Oc3c(-c4ccc(Br)cc4)sc4cc(OCc5ccccc5)ccc34)cc2F)CC1. The maximum Gasteiger partial charge on any atom is 0.159 e. The lowest BCUT2D eigenvalue weighted by Crippen LogP contribution is -2.39. The molecule has 0 unspecified atom stereocenters. The molecule has 0 aliphatic carbocycles. The summed E-state index contributed by atoms with van der Waals surface area (Å²) in [5.41, 5.74) is 2.72. The first kappa shape index (κ1) is 29.6. The summed E-state index contributed by atoms with van der Waals surface area (Å²) in [5.74, 6) is 1.94. The van der Waals surface area contributed by atoms with Gasteiger partial charge in [-0.3, -0.25) is 0 Å². The highest BCUT2D eigenvalue weighted by atomic mass is 79.9. The summed E-state index contributed by atoms with van der Waals surface area (Å²) in [6.45, 7) is 1.97. The van der Waals surface area contributed by atoms with Crippen LogP contribution < -0.4 is 14.4 Å². The Kier molecular flexibility index (Phi) is 9.28. The van der Waals surface area contributed by atoms with Gasteiger partial charge in [-0.2, -0.15) is 0 Å². The maximum atomic E-state index is 15.5. The lowest BCUT2D eigenvalue weighted by molar-refractivity contribution is -0.141. The van der Waals surface area contributed by atoms with Crippen molar-refractivity contribution < 1.29 is 23.3 Å². The van der Waals surface area contributed by atoms with Crippen LogP contribution in [0.15, 0.2) is 95.5 Å². The van der Waals surface area contributed by atoms with Crippen molar-refractivity contribution in [3.05, 3.63) is 107 Å². The normalized spacial score (nSPS) is 14.0. The number of thiophene rings is 1. The molecule has 0 atom stereocenters. The highest BCUT2D eigenvalue weighted by Gasteiger charge is 2.28. The van der Waals surface area contributed by atoms with Crippen LogP contribution in [0, 0.1) is 11.7 Å². The molecular weight excluding hydrogens is 629 g/mol. The van der Waals surface area contributed by atoms with E-state index in [-0.39, 0.29) is 12.1 Å². The van der Waals surface area contributed by atoms with Crippen LogP contribution in [0.3, 0.4) is 0 Å². The molecule has 0 saturated carbocycles. The summed E-state index contributed by atoms with van der Waals surface area (Å²) >= 11 is 5.16. The second-order valence-electron chi connectivity index (χ2n) is 10.6. The monoisotopic (exact) mass is 661 g/mol. The Bertz CT molecular complexity index is 1670. The van der Waals surface area contributed by atoms with Crippen molar-refractivity contribution in [2.24, 2.45) is 5.92 Å². The number of benzene rings is 4. The minimum Gasteiger partial charge on any atom is -0.489 e. The van der Waals surface area contributed by atoms with E-state index < -0.39 is 0 Å². The van der Waals surface area contributed by atoms with Crippen LogP contribution in [0.2, 0.25) is 0 Å². The number of rotatable bonds is 10. The van der Waals surface area contributed by atoms with Crippen molar-refractivity contribution in [3.63, 3.8) is 0 Å². The van der Waals surface area contributed by atoms with Gasteiger partial charge in [0.05, 0.1) is 10.6 Å². The van der Waals surface area contributed by atoms with Crippen LogP contribution in [0.4, 0.5) is 10.1 Å². The van der Waals surface area contributed by atoms with E-state index in [1.807, 2.05) is 72.8 Å². The minimum atomic E-state index is -0.299. The van der Waals surface area contributed by atoms with Crippen LogP contribution in [-0.2, 0) is 16.1 Å². The molecule has 1 aliphatic rings. The molecule has 1 aromatic heterocycles. The van der Waals surface area contributed by atoms with E-state index in [9.17, 15) is 0 Å². The number of hydrogen-bond acceptors (Lipinski definition) is 6. The highest BCUT2D eigenvalue weighted by molar-refractivity contribution is 9.10. The summed E-state index contributed by atoms with van der Waals surface area (Å²) in [6.07, 6.45) is 1.52. The molecule has 5 nitrogen and oxygen atoms in total. The summed E-state index contributed by atoms with van der Waals surface area (Å²) in [5, 5.41) is 0.951. The summed E-state index contributed by atoms with van der Waals surface area (Å²) in [4.78, 5) is 3.06. The van der Waals surface area contributed by atoms with Gasteiger partial charge in [-0.1, -0.05) is 58.4 Å². The van der Waals surface area contributed by atoms with Gasteiger partial charge in [0.2, 0.25) is 0 Å². The molecule has 0 N–H and O–H groups in total. The molecule has 0 bridgehead atoms. The Balaban J connectivity index is 1.25. The zero-order chi connectivity index (χ0) is 29.8. The molecule has 1 aliphatic heterocycles. The number of hydrogen-bond donors (Lipinski definition) is 0. The van der Waals surface area contributed by atoms with E-state index in [1.54, 1.807) is 25.6 Å². The third-order valence-corrected chi connectivity index (χ3v) is 9.55. The summed E-state index contributed by atoms with van der Waals surface area (Å²) in [7, 11) is 3.33. The Morgan fingerprint density at radius 2 is 1.60 bits per heavy atom. The molecule has 43 heavy (non-hydrogen) atoms. The van der Waals surface area contributed by atoms with Gasteiger partial charge in [0.1, 0.15) is 23.9 Å². The lowest BCUT2D eigenvalue weighted by atomic mass is 9.95. The number of piperidine rings is 1. The Labute approximate surface area is 263 Å². The molecule has 1 fully saturated rings. The molecule has 4 aromatic carbocycles. The van der Waals surface area contributed by atoms with Crippen molar-refractivity contribution in [1.29, 1.82) is 0 Å². The van der Waals surface area contributed by atoms with Crippen molar-refractivity contribution in [2.75, 3.05) is 32.2 Å². The first-order chi connectivity index (χ1) is 21.0. The smallest absolute Gasteiger partial charge is 0.159 e. The zero-order valence-corrected chi connectivity index (χ0v) is 26.5. The fourth-order valence-electron chi connectivity index (χ4n) is 5.60. The lowest BCUT2D eigenvalue weighted by Gasteiger charge is -2.36. The summed E-state index contributed by atoms with van der Waals surface area (Å²) < 4.78 is 41.0. The first-order valence-electron chi connectivity index (χ1n) is 14.3. The van der Waals surface area contributed by atoms with E-state index in [4.69, 9.17) is 18.9 Å².